The van der Waals surface area contributed by atoms with E-state index in [-0.39, 0.29) is 17.6 Å². The number of carbonyl (C=O) groups is 2. The zero-order valence-electron chi connectivity index (χ0n) is 6.26. The van der Waals surface area contributed by atoms with Crippen LogP contribution in [0.25, 0.3) is 0 Å². The van der Waals surface area contributed by atoms with Gasteiger partial charge in [-0.1, -0.05) is 6.92 Å². The van der Waals surface area contributed by atoms with Crippen LogP contribution in [0.5, 0.6) is 0 Å². The number of hydrogen-bond donors (Lipinski definition) is 0. The normalized spacial score (nSPS) is 26.2. The van der Waals surface area contributed by atoms with Gasteiger partial charge in [-0.25, -0.2) is 0 Å². The van der Waals surface area contributed by atoms with Gasteiger partial charge >= 0.3 is 0 Å². The molecule has 1 heterocycles. The Balaban J connectivity index is 2.71. The first kappa shape index (κ1) is 7.25. The van der Waals surface area contributed by atoms with E-state index in [2.05, 4.69) is 0 Å². The van der Waals surface area contributed by atoms with Crippen molar-refractivity contribution < 1.29 is 9.59 Å². The lowest BCUT2D eigenvalue weighted by molar-refractivity contribution is -0.140. The first-order valence-electron chi connectivity index (χ1n) is 3.46. The maximum atomic E-state index is 11.0. The zero-order valence-corrected chi connectivity index (χ0v) is 6.26. The van der Waals surface area contributed by atoms with Gasteiger partial charge in [0.05, 0.1) is 0 Å². The molecule has 0 aromatic carbocycles. The molecule has 10 heavy (non-hydrogen) atoms. The topological polar surface area (TPSA) is 37.4 Å². The summed E-state index contributed by atoms with van der Waals surface area (Å²) in [5.41, 5.74) is 0. The molecule has 1 amide bonds. The van der Waals surface area contributed by atoms with Crippen LogP contribution in [0.2, 0.25) is 0 Å². The van der Waals surface area contributed by atoms with Gasteiger partial charge in [0.1, 0.15) is 0 Å². The number of likely N-dealkylation sites (tertiary alicyclic amines) is 1. The van der Waals surface area contributed by atoms with Crippen molar-refractivity contribution in [2.24, 2.45) is 5.92 Å². The Morgan fingerprint density at radius 1 is 1.60 bits per heavy atom. The summed E-state index contributed by atoms with van der Waals surface area (Å²) >= 11 is 0. The van der Waals surface area contributed by atoms with Gasteiger partial charge < -0.3 is 4.90 Å². The average molecular weight is 141 g/mol. The van der Waals surface area contributed by atoms with Crippen LogP contribution >= 0.6 is 0 Å². The summed E-state index contributed by atoms with van der Waals surface area (Å²) in [5.74, 6) is -0.589. The van der Waals surface area contributed by atoms with E-state index in [1.165, 1.54) is 4.90 Å². The fraction of sp³-hybridized carbons (Fsp3) is 0.714. The summed E-state index contributed by atoms with van der Waals surface area (Å²) in [6.45, 7) is 2.53. The van der Waals surface area contributed by atoms with Crippen LogP contribution in [0, 0.1) is 5.92 Å². The second-order valence-electron chi connectivity index (χ2n) is 2.66. The molecule has 1 atom stereocenters. The summed E-state index contributed by atoms with van der Waals surface area (Å²) in [6.07, 6.45) is 0.773. The molecule has 56 valence electrons. The quantitative estimate of drug-likeness (QED) is 0.484. The number of nitrogens with zero attached hydrogens (tertiary/aromatic N) is 1. The van der Waals surface area contributed by atoms with E-state index in [1.54, 1.807) is 7.05 Å². The molecule has 0 aromatic heterocycles. The molecular weight excluding hydrogens is 130 g/mol. The van der Waals surface area contributed by atoms with Crippen LogP contribution in [0.15, 0.2) is 0 Å². The Bertz CT molecular complexity index is 176. The molecule has 1 aliphatic rings. The van der Waals surface area contributed by atoms with E-state index in [9.17, 15) is 9.59 Å². The lowest BCUT2D eigenvalue weighted by Gasteiger charge is -2.04. The maximum Gasteiger partial charge on any atom is 0.290 e. The molecule has 0 radical (unpaired) electrons. The van der Waals surface area contributed by atoms with Crippen LogP contribution in [0.4, 0.5) is 0 Å². The number of likely N-dealkylation sites (N-methyl/N-ethyl adjacent to an activating group) is 1. The molecule has 0 N–H and O–H groups in total. The molecule has 1 fully saturated rings. The van der Waals surface area contributed by atoms with Crippen molar-refractivity contribution in [1.29, 1.82) is 0 Å². The van der Waals surface area contributed by atoms with Crippen LogP contribution in [-0.2, 0) is 9.59 Å². The lowest BCUT2D eigenvalue weighted by Crippen LogP contribution is -2.22. The molecule has 1 aliphatic heterocycles. The third-order valence-corrected chi connectivity index (χ3v) is 1.92. The highest BCUT2D eigenvalue weighted by Crippen LogP contribution is 2.14. The Hall–Kier alpha value is -0.860. The van der Waals surface area contributed by atoms with Gasteiger partial charge in [-0.3, -0.25) is 9.59 Å². The summed E-state index contributed by atoms with van der Waals surface area (Å²) in [5, 5.41) is 0. The van der Waals surface area contributed by atoms with E-state index in [1.807, 2.05) is 6.92 Å². The van der Waals surface area contributed by atoms with Crippen molar-refractivity contribution in [3.63, 3.8) is 0 Å². The summed E-state index contributed by atoms with van der Waals surface area (Å²) in [4.78, 5) is 23.3. The predicted molar refractivity (Wildman–Crippen MR) is 36.4 cm³/mol. The molecule has 0 saturated carbocycles. The predicted octanol–water partition coefficient (Wildman–Crippen LogP) is 0.0537. The largest absolute Gasteiger partial charge is 0.338 e. The van der Waals surface area contributed by atoms with E-state index in [0.29, 0.717) is 6.54 Å². The van der Waals surface area contributed by atoms with Gasteiger partial charge in [0.2, 0.25) is 5.78 Å². The highest BCUT2D eigenvalue weighted by Gasteiger charge is 2.34. The molecular formula is C7H11NO2. The van der Waals surface area contributed by atoms with Gasteiger partial charge in [-0.2, -0.15) is 0 Å². The van der Waals surface area contributed by atoms with Crippen molar-refractivity contribution in [3.05, 3.63) is 0 Å². The van der Waals surface area contributed by atoms with E-state index < -0.39 is 0 Å². The Morgan fingerprint density at radius 2 is 2.20 bits per heavy atom. The summed E-state index contributed by atoms with van der Waals surface area (Å²) in [6, 6.07) is 0. The number of ketones is 1. The molecule has 1 saturated heterocycles. The molecule has 1 unspecified atom stereocenters. The minimum absolute atomic E-state index is 0.0440. The third kappa shape index (κ3) is 0.916. The first-order chi connectivity index (χ1) is 4.66. The standard InChI is InChI=1S/C7H11NO2/c1-3-5-4-8(2)7(10)6(5)9/h5H,3-4H2,1-2H3. The van der Waals surface area contributed by atoms with Crippen LogP contribution in [0.1, 0.15) is 13.3 Å². The molecule has 0 aromatic rings. The number of amides is 1. The molecule has 0 aliphatic carbocycles. The number of rotatable bonds is 1. The summed E-state index contributed by atoms with van der Waals surface area (Å²) < 4.78 is 0. The lowest BCUT2D eigenvalue weighted by atomic mass is 10.1. The van der Waals surface area contributed by atoms with Crippen molar-refractivity contribution in [2.75, 3.05) is 13.6 Å². The number of hydrogen-bond acceptors (Lipinski definition) is 2. The van der Waals surface area contributed by atoms with Gasteiger partial charge in [0, 0.05) is 19.5 Å². The van der Waals surface area contributed by atoms with Crippen LogP contribution in [-0.4, -0.2) is 30.2 Å². The minimum Gasteiger partial charge on any atom is -0.338 e. The van der Waals surface area contributed by atoms with Gasteiger partial charge in [-0.15, -0.1) is 0 Å². The molecule has 3 heteroatoms. The number of carbonyl (C=O) groups excluding carboxylic acids is 2. The van der Waals surface area contributed by atoms with Gasteiger partial charge in [-0.05, 0) is 6.42 Å². The second-order valence-corrected chi connectivity index (χ2v) is 2.66. The van der Waals surface area contributed by atoms with Crippen LogP contribution < -0.4 is 0 Å². The van der Waals surface area contributed by atoms with Crippen molar-refractivity contribution >= 4 is 11.7 Å². The average Bonchev–Trinajstić information content (AvgIpc) is 2.17. The Labute approximate surface area is 60.0 Å². The fourth-order valence-corrected chi connectivity index (χ4v) is 1.17. The number of Topliss-reactive ketones (excluding diaryl/α,β-unsaturated/α-hetero) is 1. The fourth-order valence-electron chi connectivity index (χ4n) is 1.17. The monoisotopic (exact) mass is 141 g/mol. The van der Waals surface area contributed by atoms with Crippen molar-refractivity contribution in [2.45, 2.75) is 13.3 Å². The van der Waals surface area contributed by atoms with Gasteiger partial charge in [0.25, 0.3) is 5.91 Å². The highest BCUT2D eigenvalue weighted by atomic mass is 16.2. The zero-order chi connectivity index (χ0) is 7.72. The molecule has 0 bridgehead atoms. The van der Waals surface area contributed by atoms with E-state index in [0.717, 1.165) is 6.42 Å². The maximum absolute atomic E-state index is 11.0. The third-order valence-electron chi connectivity index (χ3n) is 1.92. The SMILES string of the molecule is CCC1CN(C)C(=O)C1=O. The minimum atomic E-state index is -0.327. The van der Waals surface area contributed by atoms with E-state index in [4.69, 9.17) is 0 Å². The summed E-state index contributed by atoms with van der Waals surface area (Å²) in [7, 11) is 1.66. The van der Waals surface area contributed by atoms with Crippen molar-refractivity contribution in [3.8, 4) is 0 Å². The first-order valence-corrected chi connectivity index (χ1v) is 3.46. The van der Waals surface area contributed by atoms with Gasteiger partial charge in [0.15, 0.2) is 0 Å². The second kappa shape index (κ2) is 2.40. The molecule has 1 rings (SSSR count). The van der Waals surface area contributed by atoms with E-state index >= 15 is 0 Å². The Morgan fingerprint density at radius 3 is 2.40 bits per heavy atom. The Kier molecular flexibility index (Phi) is 1.74. The highest BCUT2D eigenvalue weighted by molar-refractivity contribution is 6.38. The molecule has 3 nitrogen and oxygen atoms in total. The smallest absolute Gasteiger partial charge is 0.290 e. The van der Waals surface area contributed by atoms with Crippen molar-refractivity contribution in [1.82, 2.24) is 4.90 Å². The molecule has 0 spiro atoms. The van der Waals surface area contributed by atoms with Crippen LogP contribution in [0.3, 0.4) is 0 Å².